The number of likely N-dealkylation sites (N-methyl/N-ethyl adjacent to an activating group) is 1. The Morgan fingerprint density at radius 3 is 2.17 bits per heavy atom. The zero-order valence-corrected chi connectivity index (χ0v) is 17.2. The van der Waals surface area contributed by atoms with E-state index in [1.54, 1.807) is 49.5 Å². The first kappa shape index (κ1) is 22.2. The molecule has 9 heteroatoms. The van der Waals surface area contributed by atoms with Crippen molar-refractivity contribution < 1.29 is 24.0 Å². The van der Waals surface area contributed by atoms with Crippen LogP contribution in [0.1, 0.15) is 6.92 Å². The van der Waals surface area contributed by atoms with Crippen LogP contribution in [-0.4, -0.2) is 45.0 Å². The third-order valence-corrected chi connectivity index (χ3v) is 4.20. The minimum absolute atomic E-state index is 0.0590. The standard InChI is InChI=1S/C20H23ClN4O4/c1-13(26)22-14-8-9-18(29-3)17(10-14)24-20(28)12-25(2)11-19(27)23-16-7-5-4-6-15(16)21/h4-10H,11-12H2,1-3H3,(H,22,26)(H,23,27)(H,24,28)/p+1. The summed E-state index contributed by atoms with van der Waals surface area (Å²) in [6.07, 6.45) is 0. The molecule has 1 unspecified atom stereocenters. The molecule has 154 valence electrons. The van der Waals surface area contributed by atoms with E-state index in [4.69, 9.17) is 16.3 Å². The lowest BCUT2D eigenvalue weighted by atomic mass is 10.2. The summed E-state index contributed by atoms with van der Waals surface area (Å²) in [6.45, 7) is 1.54. The second-order valence-electron chi connectivity index (χ2n) is 6.48. The Morgan fingerprint density at radius 1 is 0.966 bits per heavy atom. The van der Waals surface area contributed by atoms with Gasteiger partial charge in [0, 0.05) is 12.6 Å². The van der Waals surface area contributed by atoms with Crippen molar-refractivity contribution in [3.63, 3.8) is 0 Å². The molecule has 0 aliphatic rings. The number of methoxy groups -OCH3 is 1. The van der Waals surface area contributed by atoms with Gasteiger partial charge >= 0.3 is 0 Å². The average molecular weight is 420 g/mol. The fourth-order valence-corrected chi connectivity index (χ4v) is 2.83. The number of carbonyl (C=O) groups is 3. The summed E-state index contributed by atoms with van der Waals surface area (Å²) < 4.78 is 5.24. The van der Waals surface area contributed by atoms with Gasteiger partial charge in [-0.25, -0.2) is 0 Å². The second kappa shape index (κ2) is 10.4. The van der Waals surface area contributed by atoms with Crippen molar-refractivity contribution >= 4 is 46.4 Å². The number of ether oxygens (including phenoxy) is 1. The maximum atomic E-state index is 12.4. The number of halogens is 1. The molecular weight excluding hydrogens is 396 g/mol. The lowest BCUT2D eigenvalue weighted by Gasteiger charge is -2.16. The zero-order valence-electron chi connectivity index (χ0n) is 16.5. The number of nitrogens with one attached hydrogen (secondary N) is 4. The summed E-state index contributed by atoms with van der Waals surface area (Å²) in [5.74, 6) is -0.317. The molecule has 0 heterocycles. The quantitative estimate of drug-likeness (QED) is 0.519. The third-order valence-electron chi connectivity index (χ3n) is 3.87. The van der Waals surface area contributed by atoms with Crippen molar-refractivity contribution in [3.05, 3.63) is 47.5 Å². The first-order valence-electron chi connectivity index (χ1n) is 8.89. The predicted octanol–water partition coefficient (Wildman–Crippen LogP) is 1.40. The Balaban J connectivity index is 1.93. The number of quaternary nitrogens is 1. The Hall–Kier alpha value is -3.10. The molecule has 2 rings (SSSR count). The molecule has 0 fully saturated rings. The molecule has 3 amide bonds. The Bertz CT molecular complexity index is 904. The van der Waals surface area contributed by atoms with Crippen LogP contribution in [0.25, 0.3) is 0 Å². The predicted molar refractivity (Wildman–Crippen MR) is 113 cm³/mol. The van der Waals surface area contributed by atoms with Gasteiger partial charge < -0.3 is 25.6 Å². The molecule has 29 heavy (non-hydrogen) atoms. The minimum Gasteiger partial charge on any atom is -0.495 e. The monoisotopic (exact) mass is 419 g/mol. The highest BCUT2D eigenvalue weighted by molar-refractivity contribution is 6.33. The summed E-state index contributed by atoms with van der Waals surface area (Å²) in [5.41, 5.74) is 1.49. The Morgan fingerprint density at radius 2 is 1.59 bits per heavy atom. The first-order valence-corrected chi connectivity index (χ1v) is 9.27. The van der Waals surface area contributed by atoms with E-state index in [0.29, 0.717) is 32.7 Å². The van der Waals surface area contributed by atoms with E-state index < -0.39 is 0 Å². The van der Waals surface area contributed by atoms with Gasteiger partial charge in [-0.15, -0.1) is 0 Å². The number of carbonyl (C=O) groups excluding carboxylic acids is 3. The van der Waals surface area contributed by atoms with Crippen LogP contribution in [0.3, 0.4) is 0 Å². The molecule has 0 saturated heterocycles. The van der Waals surface area contributed by atoms with Crippen molar-refractivity contribution in [3.8, 4) is 5.75 Å². The van der Waals surface area contributed by atoms with Gasteiger partial charge in [0.1, 0.15) is 5.75 Å². The molecule has 0 radical (unpaired) electrons. The topological polar surface area (TPSA) is 101 Å². The fourth-order valence-electron chi connectivity index (χ4n) is 2.65. The first-order chi connectivity index (χ1) is 13.8. The SMILES string of the molecule is COc1ccc(NC(C)=O)cc1NC(=O)C[NH+](C)CC(=O)Nc1ccccc1Cl. The number of hydrogen-bond acceptors (Lipinski definition) is 4. The number of hydrogen-bond donors (Lipinski definition) is 4. The van der Waals surface area contributed by atoms with E-state index in [1.165, 1.54) is 14.0 Å². The number of benzene rings is 2. The van der Waals surface area contributed by atoms with E-state index >= 15 is 0 Å². The van der Waals surface area contributed by atoms with Gasteiger partial charge in [-0.2, -0.15) is 0 Å². The zero-order chi connectivity index (χ0) is 21.4. The van der Waals surface area contributed by atoms with Crippen LogP contribution in [0.15, 0.2) is 42.5 Å². The maximum absolute atomic E-state index is 12.4. The van der Waals surface area contributed by atoms with Gasteiger partial charge in [-0.05, 0) is 30.3 Å². The van der Waals surface area contributed by atoms with E-state index in [-0.39, 0.29) is 30.8 Å². The van der Waals surface area contributed by atoms with Crippen molar-refractivity contribution in [1.29, 1.82) is 0 Å². The minimum atomic E-state index is -0.300. The summed E-state index contributed by atoms with van der Waals surface area (Å²) >= 11 is 6.03. The molecule has 8 nitrogen and oxygen atoms in total. The van der Waals surface area contributed by atoms with Crippen LogP contribution in [0, 0.1) is 0 Å². The highest BCUT2D eigenvalue weighted by Crippen LogP contribution is 2.27. The molecule has 0 aliphatic heterocycles. The second-order valence-corrected chi connectivity index (χ2v) is 6.89. The average Bonchev–Trinajstić information content (AvgIpc) is 2.63. The van der Waals surface area contributed by atoms with Gasteiger partial charge in [0.15, 0.2) is 13.1 Å². The van der Waals surface area contributed by atoms with Crippen LogP contribution in [-0.2, 0) is 14.4 Å². The highest BCUT2D eigenvalue weighted by Gasteiger charge is 2.17. The van der Waals surface area contributed by atoms with Crippen LogP contribution >= 0.6 is 11.6 Å². The van der Waals surface area contributed by atoms with Crippen LogP contribution in [0.5, 0.6) is 5.75 Å². The Labute approximate surface area is 174 Å². The molecule has 1 atom stereocenters. The smallest absolute Gasteiger partial charge is 0.279 e. The van der Waals surface area contributed by atoms with E-state index in [1.807, 2.05) is 0 Å². The number of amides is 3. The van der Waals surface area contributed by atoms with Crippen molar-refractivity contribution in [2.24, 2.45) is 0 Å². The maximum Gasteiger partial charge on any atom is 0.279 e. The molecule has 0 spiro atoms. The van der Waals surface area contributed by atoms with Crippen molar-refractivity contribution in [2.45, 2.75) is 6.92 Å². The molecule has 2 aromatic rings. The van der Waals surface area contributed by atoms with Crippen LogP contribution in [0.2, 0.25) is 5.02 Å². The summed E-state index contributed by atoms with van der Waals surface area (Å²) in [4.78, 5) is 36.5. The van der Waals surface area contributed by atoms with Gasteiger partial charge in [0.05, 0.1) is 30.6 Å². The van der Waals surface area contributed by atoms with E-state index in [0.717, 1.165) is 0 Å². The molecule has 4 N–H and O–H groups in total. The fraction of sp³-hybridized carbons (Fsp3) is 0.250. The van der Waals surface area contributed by atoms with Crippen LogP contribution < -0.4 is 25.6 Å². The number of rotatable bonds is 8. The summed E-state index contributed by atoms with van der Waals surface area (Å²) in [7, 11) is 3.22. The highest BCUT2D eigenvalue weighted by atomic mass is 35.5. The van der Waals surface area contributed by atoms with E-state index in [9.17, 15) is 14.4 Å². The third kappa shape index (κ3) is 7.10. The summed E-state index contributed by atoms with van der Waals surface area (Å²) in [5, 5.41) is 8.57. The van der Waals surface area contributed by atoms with E-state index in [2.05, 4.69) is 16.0 Å². The molecule has 0 saturated carbocycles. The molecule has 0 aromatic heterocycles. The number of para-hydroxylation sites is 1. The molecule has 0 bridgehead atoms. The molecule has 2 aromatic carbocycles. The van der Waals surface area contributed by atoms with Gasteiger partial charge in [-0.3, -0.25) is 14.4 Å². The summed E-state index contributed by atoms with van der Waals surface area (Å²) in [6, 6.07) is 11.9. The Kier molecular flexibility index (Phi) is 7.99. The molecule has 0 aliphatic carbocycles. The van der Waals surface area contributed by atoms with Gasteiger partial charge in [-0.1, -0.05) is 23.7 Å². The van der Waals surface area contributed by atoms with Gasteiger partial charge in [0.25, 0.3) is 11.8 Å². The normalized spacial score (nSPS) is 11.3. The molecular formula is C20H24ClN4O4+. The van der Waals surface area contributed by atoms with Crippen molar-refractivity contribution in [2.75, 3.05) is 43.2 Å². The van der Waals surface area contributed by atoms with Gasteiger partial charge in [0.2, 0.25) is 5.91 Å². The number of anilines is 3. The van der Waals surface area contributed by atoms with Crippen LogP contribution in [0.4, 0.5) is 17.1 Å². The lowest BCUT2D eigenvalue weighted by Crippen LogP contribution is -3.11. The largest absolute Gasteiger partial charge is 0.495 e. The van der Waals surface area contributed by atoms with Crippen molar-refractivity contribution in [1.82, 2.24) is 0 Å². The lowest BCUT2D eigenvalue weighted by molar-refractivity contribution is -0.862.